The van der Waals surface area contributed by atoms with E-state index in [2.05, 4.69) is 15.6 Å². The lowest BCUT2D eigenvalue weighted by atomic mass is 10.1. The van der Waals surface area contributed by atoms with E-state index in [9.17, 15) is 9.59 Å². The number of benzene rings is 2. The lowest BCUT2D eigenvalue weighted by Gasteiger charge is -2.10. The molecule has 0 radical (unpaired) electrons. The molecule has 1 heterocycles. The predicted molar refractivity (Wildman–Crippen MR) is 112 cm³/mol. The Morgan fingerprint density at radius 2 is 1.76 bits per heavy atom. The molecule has 6 heteroatoms. The summed E-state index contributed by atoms with van der Waals surface area (Å²) < 4.78 is 5.32. The van der Waals surface area contributed by atoms with E-state index in [0.29, 0.717) is 24.2 Å². The van der Waals surface area contributed by atoms with Gasteiger partial charge in [-0.2, -0.15) is 0 Å². The van der Waals surface area contributed by atoms with Crippen LogP contribution in [0.4, 0.5) is 5.69 Å². The maximum atomic E-state index is 12.5. The Balaban J connectivity index is 1.62. The number of aromatic nitrogens is 1. The maximum Gasteiger partial charge on any atom is 0.274 e. The highest BCUT2D eigenvalue weighted by atomic mass is 16.5. The van der Waals surface area contributed by atoms with Gasteiger partial charge in [0.05, 0.1) is 7.11 Å². The highest BCUT2D eigenvalue weighted by Crippen LogP contribution is 2.17. The Morgan fingerprint density at radius 3 is 2.55 bits per heavy atom. The number of hydrogen-bond donors (Lipinski definition) is 2. The summed E-state index contributed by atoms with van der Waals surface area (Å²) in [5.74, 6) is 0.177. The molecule has 2 N–H and O–H groups in total. The van der Waals surface area contributed by atoms with E-state index in [4.69, 9.17) is 4.74 Å². The molecule has 0 saturated carbocycles. The summed E-state index contributed by atoms with van der Waals surface area (Å²) in [5, 5.41) is 5.69. The van der Waals surface area contributed by atoms with Gasteiger partial charge in [-0.25, -0.2) is 0 Å². The smallest absolute Gasteiger partial charge is 0.274 e. The summed E-state index contributed by atoms with van der Waals surface area (Å²) in [7, 11) is 1.62. The largest absolute Gasteiger partial charge is 0.496 e. The number of pyridine rings is 1. The van der Waals surface area contributed by atoms with Crippen molar-refractivity contribution < 1.29 is 14.3 Å². The zero-order valence-corrected chi connectivity index (χ0v) is 16.4. The topological polar surface area (TPSA) is 80.3 Å². The van der Waals surface area contributed by atoms with E-state index in [1.807, 2.05) is 55.5 Å². The summed E-state index contributed by atoms with van der Waals surface area (Å²) in [6.07, 6.45) is 2.10. The molecule has 3 rings (SSSR count). The highest BCUT2D eigenvalue weighted by Gasteiger charge is 2.13. The minimum Gasteiger partial charge on any atom is -0.496 e. The van der Waals surface area contributed by atoms with Crippen molar-refractivity contribution in [1.29, 1.82) is 0 Å². The molecule has 0 aliphatic heterocycles. The molecule has 0 unspecified atom stereocenters. The average Bonchev–Trinajstić information content (AvgIpc) is 2.75. The Hall–Kier alpha value is -3.67. The van der Waals surface area contributed by atoms with Crippen LogP contribution in [-0.4, -0.2) is 30.5 Å². The van der Waals surface area contributed by atoms with Crippen molar-refractivity contribution in [3.63, 3.8) is 0 Å². The van der Waals surface area contributed by atoms with Gasteiger partial charge in [-0.15, -0.1) is 0 Å². The van der Waals surface area contributed by atoms with Gasteiger partial charge < -0.3 is 15.4 Å². The standard InChI is InChI=1S/C23H23N3O3/c1-16-7-3-5-9-19(16)26-23(28)20-15-18(12-13-24-20)22(27)25-14-11-17-8-4-6-10-21(17)29-2/h3-10,12-13,15H,11,14H2,1-2H3,(H,25,27)(H,26,28). The third-order valence-corrected chi connectivity index (χ3v) is 4.52. The van der Waals surface area contributed by atoms with Crippen LogP contribution in [0.5, 0.6) is 5.75 Å². The van der Waals surface area contributed by atoms with Crippen LogP contribution < -0.4 is 15.4 Å². The third kappa shape index (κ3) is 5.19. The van der Waals surface area contributed by atoms with Gasteiger partial charge in [0.2, 0.25) is 0 Å². The van der Waals surface area contributed by atoms with Crippen LogP contribution in [0.1, 0.15) is 32.0 Å². The van der Waals surface area contributed by atoms with Crippen LogP contribution in [0.2, 0.25) is 0 Å². The van der Waals surface area contributed by atoms with E-state index in [1.165, 1.54) is 12.3 Å². The third-order valence-electron chi connectivity index (χ3n) is 4.52. The number of anilines is 1. The van der Waals surface area contributed by atoms with Crippen molar-refractivity contribution >= 4 is 17.5 Å². The first-order valence-corrected chi connectivity index (χ1v) is 9.31. The van der Waals surface area contributed by atoms with Gasteiger partial charge in [0.15, 0.2) is 0 Å². The molecular formula is C23H23N3O3. The van der Waals surface area contributed by atoms with Crippen LogP contribution in [-0.2, 0) is 6.42 Å². The number of carbonyl (C=O) groups excluding carboxylic acids is 2. The second-order valence-electron chi connectivity index (χ2n) is 6.52. The monoisotopic (exact) mass is 389 g/mol. The van der Waals surface area contributed by atoms with Crippen molar-refractivity contribution in [1.82, 2.24) is 10.3 Å². The Morgan fingerprint density at radius 1 is 1.00 bits per heavy atom. The molecule has 148 valence electrons. The second-order valence-corrected chi connectivity index (χ2v) is 6.52. The molecule has 0 spiro atoms. The van der Waals surface area contributed by atoms with E-state index < -0.39 is 0 Å². The number of methoxy groups -OCH3 is 1. The molecule has 0 aliphatic carbocycles. The van der Waals surface area contributed by atoms with Gasteiger partial charge in [-0.05, 0) is 48.7 Å². The van der Waals surface area contributed by atoms with Crippen molar-refractivity contribution in [2.45, 2.75) is 13.3 Å². The number of amides is 2. The van der Waals surface area contributed by atoms with Crippen LogP contribution in [0, 0.1) is 6.92 Å². The highest BCUT2D eigenvalue weighted by molar-refractivity contribution is 6.05. The molecule has 0 atom stereocenters. The van der Waals surface area contributed by atoms with Gasteiger partial charge >= 0.3 is 0 Å². The fourth-order valence-corrected chi connectivity index (χ4v) is 2.92. The lowest BCUT2D eigenvalue weighted by molar-refractivity contribution is 0.0954. The van der Waals surface area contributed by atoms with Gasteiger partial charge in [-0.3, -0.25) is 14.6 Å². The first-order valence-electron chi connectivity index (χ1n) is 9.31. The fraction of sp³-hybridized carbons (Fsp3) is 0.174. The molecule has 6 nitrogen and oxygen atoms in total. The molecule has 0 saturated heterocycles. The van der Waals surface area contributed by atoms with Crippen LogP contribution in [0.25, 0.3) is 0 Å². The normalized spacial score (nSPS) is 10.3. The number of carbonyl (C=O) groups is 2. The molecule has 29 heavy (non-hydrogen) atoms. The molecule has 1 aromatic heterocycles. The van der Waals surface area contributed by atoms with Crippen molar-refractivity contribution in [3.8, 4) is 5.75 Å². The number of rotatable bonds is 7. The summed E-state index contributed by atoms with van der Waals surface area (Å²) in [6, 6.07) is 18.3. The van der Waals surface area contributed by atoms with Crippen molar-refractivity contribution in [2.75, 3.05) is 19.0 Å². The minimum atomic E-state index is -0.358. The van der Waals surface area contributed by atoms with E-state index in [0.717, 1.165) is 16.9 Å². The average molecular weight is 389 g/mol. The summed E-state index contributed by atoms with van der Waals surface area (Å²) in [6.45, 7) is 2.36. The molecule has 2 aromatic carbocycles. The zero-order chi connectivity index (χ0) is 20.6. The first-order chi connectivity index (χ1) is 14.1. The van der Waals surface area contributed by atoms with Crippen molar-refractivity contribution in [3.05, 3.63) is 89.2 Å². The number of nitrogens with zero attached hydrogens (tertiary/aromatic N) is 1. The SMILES string of the molecule is COc1ccccc1CCNC(=O)c1ccnc(C(=O)Nc2ccccc2C)c1. The van der Waals surface area contributed by atoms with E-state index in [-0.39, 0.29) is 17.5 Å². The number of nitrogens with one attached hydrogen (secondary N) is 2. The second kappa shape index (κ2) is 9.50. The molecule has 0 bridgehead atoms. The molecular weight excluding hydrogens is 366 g/mol. The van der Waals surface area contributed by atoms with Crippen LogP contribution in [0.3, 0.4) is 0 Å². The molecule has 0 aliphatic rings. The zero-order valence-electron chi connectivity index (χ0n) is 16.4. The number of para-hydroxylation sites is 2. The van der Waals surface area contributed by atoms with Gasteiger partial charge in [0.1, 0.15) is 11.4 Å². The first kappa shape index (κ1) is 20.1. The minimum absolute atomic E-state index is 0.186. The fourth-order valence-electron chi connectivity index (χ4n) is 2.92. The van der Waals surface area contributed by atoms with Crippen molar-refractivity contribution in [2.24, 2.45) is 0 Å². The van der Waals surface area contributed by atoms with Crippen LogP contribution >= 0.6 is 0 Å². The lowest BCUT2D eigenvalue weighted by Crippen LogP contribution is -2.26. The predicted octanol–water partition coefficient (Wildman–Crippen LogP) is 3.62. The summed E-state index contributed by atoms with van der Waals surface area (Å²) in [4.78, 5) is 29.1. The maximum absolute atomic E-state index is 12.5. The van der Waals surface area contributed by atoms with Crippen LogP contribution in [0.15, 0.2) is 66.9 Å². The van der Waals surface area contributed by atoms with Gasteiger partial charge in [-0.1, -0.05) is 36.4 Å². The molecule has 3 aromatic rings. The van der Waals surface area contributed by atoms with Gasteiger partial charge in [0.25, 0.3) is 11.8 Å². The number of ether oxygens (including phenoxy) is 1. The Labute approximate surface area is 169 Å². The molecule has 2 amide bonds. The summed E-state index contributed by atoms with van der Waals surface area (Å²) in [5.41, 5.74) is 3.25. The van der Waals surface area contributed by atoms with Gasteiger partial charge in [0, 0.05) is 24.0 Å². The van der Waals surface area contributed by atoms with E-state index in [1.54, 1.807) is 13.2 Å². The van der Waals surface area contributed by atoms with E-state index >= 15 is 0 Å². The Bertz CT molecular complexity index is 1020. The number of hydrogen-bond acceptors (Lipinski definition) is 4. The summed E-state index contributed by atoms with van der Waals surface area (Å²) >= 11 is 0. The quantitative estimate of drug-likeness (QED) is 0.647. The molecule has 0 fully saturated rings. The Kier molecular flexibility index (Phi) is 6.58. The number of aryl methyl sites for hydroxylation is 1.